The van der Waals surface area contributed by atoms with E-state index in [1.807, 2.05) is 0 Å². The number of nitrogens with zero attached hydrogens (tertiary/aromatic N) is 3. The van der Waals surface area contributed by atoms with E-state index in [4.69, 9.17) is 4.74 Å². The lowest BCUT2D eigenvalue weighted by Gasteiger charge is -2.38. The van der Waals surface area contributed by atoms with Gasteiger partial charge in [0, 0.05) is 57.7 Å². The minimum Gasteiger partial charge on any atom is -0.497 e. The van der Waals surface area contributed by atoms with Gasteiger partial charge in [0.25, 0.3) is 10.2 Å². The average Bonchev–Trinajstić information content (AvgIpc) is 2.84. The number of hydrogen-bond acceptors (Lipinski definition) is 5. The highest BCUT2D eigenvalue weighted by Crippen LogP contribution is 2.25. The topological polar surface area (TPSA) is 87.2 Å². The average molecular weight is 466 g/mol. The summed E-state index contributed by atoms with van der Waals surface area (Å²) in [6.07, 6.45) is 6.24. The van der Waals surface area contributed by atoms with Gasteiger partial charge in [0.2, 0.25) is 5.91 Å². The zero-order valence-corrected chi connectivity index (χ0v) is 20.0. The molecule has 2 fully saturated rings. The van der Waals surface area contributed by atoms with Gasteiger partial charge in [-0.3, -0.25) is 9.59 Å². The summed E-state index contributed by atoms with van der Waals surface area (Å²) < 4.78 is 34.1. The molecule has 9 heteroatoms. The van der Waals surface area contributed by atoms with E-state index < -0.39 is 10.2 Å². The highest BCUT2D eigenvalue weighted by Gasteiger charge is 2.35. The molecule has 1 aromatic rings. The molecule has 0 unspecified atom stereocenters. The molecule has 1 aliphatic carbocycles. The Bertz CT molecular complexity index is 873. The zero-order valence-electron chi connectivity index (χ0n) is 19.2. The van der Waals surface area contributed by atoms with Crippen molar-refractivity contribution in [2.75, 3.05) is 40.3 Å². The number of ether oxygens (including phenoxy) is 1. The van der Waals surface area contributed by atoms with Crippen molar-refractivity contribution in [2.45, 2.75) is 57.4 Å². The molecule has 0 bridgehead atoms. The predicted octanol–water partition coefficient (Wildman–Crippen LogP) is 2.70. The number of methoxy groups -OCH3 is 1. The first-order valence-corrected chi connectivity index (χ1v) is 12.9. The van der Waals surface area contributed by atoms with E-state index in [9.17, 15) is 18.0 Å². The fourth-order valence-electron chi connectivity index (χ4n) is 4.46. The molecule has 1 amide bonds. The summed E-state index contributed by atoms with van der Waals surface area (Å²) in [6.45, 7) is 1.41. The van der Waals surface area contributed by atoms with Gasteiger partial charge in [-0.1, -0.05) is 19.3 Å². The van der Waals surface area contributed by atoms with Crippen LogP contribution < -0.4 is 4.74 Å². The molecule has 1 aliphatic heterocycles. The Balaban J connectivity index is 1.42. The van der Waals surface area contributed by atoms with E-state index in [-0.39, 0.29) is 24.2 Å². The first-order chi connectivity index (χ1) is 15.3. The molecule has 178 valence electrons. The minimum absolute atomic E-state index is 0.00196. The van der Waals surface area contributed by atoms with Crippen molar-refractivity contribution in [1.29, 1.82) is 0 Å². The molecule has 0 atom stereocenters. The van der Waals surface area contributed by atoms with Crippen LogP contribution in [0.2, 0.25) is 0 Å². The molecular formula is C23H35N3O5S. The smallest absolute Gasteiger partial charge is 0.282 e. The third kappa shape index (κ3) is 6.08. The van der Waals surface area contributed by atoms with Crippen LogP contribution in [0.1, 0.15) is 61.7 Å². The van der Waals surface area contributed by atoms with Crippen LogP contribution in [0.4, 0.5) is 0 Å². The van der Waals surface area contributed by atoms with Gasteiger partial charge in [0.1, 0.15) is 5.75 Å². The maximum atomic E-state index is 13.0. The quantitative estimate of drug-likeness (QED) is 0.524. The monoisotopic (exact) mass is 465 g/mol. The summed E-state index contributed by atoms with van der Waals surface area (Å²) in [6, 6.07) is 7.03. The van der Waals surface area contributed by atoms with Crippen molar-refractivity contribution in [1.82, 2.24) is 13.5 Å². The largest absolute Gasteiger partial charge is 0.497 e. The number of carbonyl (C=O) groups excluding carboxylic acids is 2. The van der Waals surface area contributed by atoms with Gasteiger partial charge >= 0.3 is 0 Å². The van der Waals surface area contributed by atoms with Crippen molar-refractivity contribution in [3.05, 3.63) is 29.8 Å². The van der Waals surface area contributed by atoms with E-state index in [0.717, 1.165) is 25.7 Å². The van der Waals surface area contributed by atoms with Gasteiger partial charge in [-0.05, 0) is 43.5 Å². The molecule has 2 aliphatic rings. The molecule has 1 saturated heterocycles. The Hall–Kier alpha value is -1.97. The molecule has 1 heterocycles. The number of rotatable bonds is 9. The Morgan fingerprint density at radius 3 is 2.22 bits per heavy atom. The van der Waals surface area contributed by atoms with Crippen LogP contribution in [0.3, 0.4) is 0 Å². The van der Waals surface area contributed by atoms with E-state index in [2.05, 4.69) is 0 Å². The van der Waals surface area contributed by atoms with Crippen LogP contribution in [-0.4, -0.2) is 80.0 Å². The molecular weight excluding hydrogens is 430 g/mol. The lowest BCUT2D eigenvalue weighted by atomic mass is 9.96. The summed E-state index contributed by atoms with van der Waals surface area (Å²) in [5.74, 6) is 0.676. The molecule has 1 saturated carbocycles. The number of Topliss-reactive ketones (excluding diaryl/α,β-unsaturated/α-hetero) is 1. The first-order valence-electron chi connectivity index (χ1n) is 11.5. The normalized spacial score (nSPS) is 18.7. The Kier molecular flexibility index (Phi) is 8.67. The van der Waals surface area contributed by atoms with Gasteiger partial charge in [0.05, 0.1) is 7.11 Å². The number of benzene rings is 1. The number of ketones is 1. The van der Waals surface area contributed by atoms with E-state index in [0.29, 0.717) is 50.3 Å². The number of carbonyl (C=O) groups is 2. The number of hydrogen-bond donors (Lipinski definition) is 0. The number of amides is 1. The molecule has 1 aromatic carbocycles. The molecule has 0 aromatic heterocycles. The summed E-state index contributed by atoms with van der Waals surface area (Å²) in [7, 11) is -0.240. The van der Waals surface area contributed by atoms with Gasteiger partial charge in [0.15, 0.2) is 5.78 Å². The highest BCUT2D eigenvalue weighted by atomic mass is 32.2. The molecule has 0 radical (unpaired) electrons. The maximum Gasteiger partial charge on any atom is 0.282 e. The van der Waals surface area contributed by atoms with Crippen molar-refractivity contribution < 1.29 is 22.7 Å². The van der Waals surface area contributed by atoms with Crippen LogP contribution >= 0.6 is 0 Å². The third-order valence-electron chi connectivity index (χ3n) is 6.58. The molecule has 0 spiro atoms. The standard InChI is InChI=1S/C23H35N3O5S/c1-24(20-7-4-3-5-8-20)32(29,30)26-17-15-25(16-18-26)23(28)10-6-9-22(27)19-11-13-21(31-2)14-12-19/h11-14,20H,3-10,15-18H2,1-2H3. The Morgan fingerprint density at radius 1 is 1.00 bits per heavy atom. The van der Waals surface area contributed by atoms with Crippen molar-refractivity contribution in [3.8, 4) is 5.75 Å². The highest BCUT2D eigenvalue weighted by molar-refractivity contribution is 7.86. The Morgan fingerprint density at radius 2 is 1.62 bits per heavy atom. The lowest BCUT2D eigenvalue weighted by molar-refractivity contribution is -0.132. The zero-order chi connectivity index (χ0) is 23.1. The Labute approximate surface area is 191 Å². The molecule has 0 N–H and O–H groups in total. The molecule has 3 rings (SSSR count). The van der Waals surface area contributed by atoms with Crippen LogP contribution in [0.25, 0.3) is 0 Å². The van der Waals surface area contributed by atoms with Crippen molar-refractivity contribution >= 4 is 21.9 Å². The SMILES string of the molecule is COc1ccc(C(=O)CCCC(=O)N2CCN(S(=O)(=O)N(C)C3CCCCC3)CC2)cc1. The van der Waals surface area contributed by atoms with E-state index in [1.54, 1.807) is 43.3 Å². The lowest BCUT2D eigenvalue weighted by Crippen LogP contribution is -2.55. The summed E-state index contributed by atoms with van der Waals surface area (Å²) >= 11 is 0. The van der Waals surface area contributed by atoms with Crippen molar-refractivity contribution in [2.24, 2.45) is 0 Å². The fraction of sp³-hybridized carbons (Fsp3) is 0.652. The van der Waals surface area contributed by atoms with E-state index >= 15 is 0 Å². The molecule has 32 heavy (non-hydrogen) atoms. The number of piperazine rings is 1. The molecule has 8 nitrogen and oxygen atoms in total. The fourth-order valence-corrected chi connectivity index (χ4v) is 6.04. The van der Waals surface area contributed by atoms with Gasteiger partial charge in [-0.25, -0.2) is 0 Å². The van der Waals surface area contributed by atoms with E-state index in [1.165, 1.54) is 15.0 Å². The van der Waals surface area contributed by atoms with Gasteiger partial charge in [-0.15, -0.1) is 0 Å². The second-order valence-electron chi connectivity index (χ2n) is 8.60. The van der Waals surface area contributed by atoms with Crippen LogP contribution in [-0.2, 0) is 15.0 Å². The van der Waals surface area contributed by atoms with Crippen LogP contribution in [0, 0.1) is 0 Å². The van der Waals surface area contributed by atoms with Crippen LogP contribution in [0.15, 0.2) is 24.3 Å². The van der Waals surface area contributed by atoms with Crippen molar-refractivity contribution in [3.63, 3.8) is 0 Å². The minimum atomic E-state index is -3.50. The summed E-state index contributed by atoms with van der Waals surface area (Å²) in [5.41, 5.74) is 0.610. The second-order valence-corrected chi connectivity index (χ2v) is 10.6. The van der Waals surface area contributed by atoms with Gasteiger partial charge < -0.3 is 9.64 Å². The first kappa shape index (κ1) is 24.7. The maximum absolute atomic E-state index is 13.0. The third-order valence-corrected chi connectivity index (χ3v) is 8.62. The summed E-state index contributed by atoms with van der Waals surface area (Å²) in [4.78, 5) is 26.6. The summed E-state index contributed by atoms with van der Waals surface area (Å²) in [5, 5.41) is 0. The van der Waals surface area contributed by atoms with Gasteiger partial charge in [-0.2, -0.15) is 17.0 Å². The second kappa shape index (κ2) is 11.2. The predicted molar refractivity (Wildman–Crippen MR) is 123 cm³/mol. The van der Waals surface area contributed by atoms with Crippen LogP contribution in [0.5, 0.6) is 5.75 Å².